The zero-order valence-corrected chi connectivity index (χ0v) is 4.83. The Morgan fingerprint density at radius 2 is 2.56 bits per heavy atom. The summed E-state index contributed by atoms with van der Waals surface area (Å²) >= 11 is 0. The molecule has 0 aromatic heterocycles. The molecule has 0 radical (unpaired) electrons. The van der Waals surface area contributed by atoms with Gasteiger partial charge in [0, 0.05) is 0 Å². The number of rotatable bonds is 0. The van der Waals surface area contributed by atoms with E-state index in [1.807, 2.05) is 0 Å². The minimum atomic E-state index is -0.960. The average molecular weight is 132 g/mol. The van der Waals surface area contributed by atoms with Crippen LogP contribution in [0.3, 0.4) is 0 Å². The van der Waals surface area contributed by atoms with Crippen molar-refractivity contribution in [3.63, 3.8) is 0 Å². The van der Waals surface area contributed by atoms with Crippen LogP contribution in [0.2, 0.25) is 0 Å². The summed E-state index contributed by atoms with van der Waals surface area (Å²) in [6, 6.07) is 0. The molecule has 0 unspecified atom stereocenters. The van der Waals surface area contributed by atoms with E-state index in [1.165, 1.54) is 0 Å². The quantitative estimate of drug-likeness (QED) is 0.464. The minimum absolute atomic E-state index is 0.284. The normalized spacial score (nSPS) is 19.8. The van der Waals surface area contributed by atoms with Crippen LogP contribution in [-0.2, 0) is 4.74 Å². The summed E-state index contributed by atoms with van der Waals surface area (Å²) in [5.41, 5.74) is 2.53. The number of nitrogens with one attached hydrogen (secondary N) is 1. The predicted octanol–water partition coefficient (Wildman–Crippen LogP) is -0.541. The zero-order chi connectivity index (χ0) is 6.69. The van der Waals surface area contributed by atoms with Gasteiger partial charge in [0.1, 0.15) is 6.73 Å². The number of carbonyl (C=O) groups is 1. The second-order valence-corrected chi connectivity index (χ2v) is 1.64. The van der Waals surface area contributed by atoms with Gasteiger partial charge in [-0.05, 0) is 0 Å². The highest BCUT2D eigenvalue weighted by atomic mass is 16.5. The van der Waals surface area contributed by atoms with E-state index < -0.39 is 6.09 Å². The van der Waals surface area contributed by atoms with E-state index >= 15 is 0 Å². The van der Waals surface area contributed by atoms with Crippen molar-refractivity contribution in [2.75, 3.05) is 19.9 Å². The molecule has 0 atom stereocenters. The van der Waals surface area contributed by atoms with E-state index in [-0.39, 0.29) is 6.73 Å². The zero-order valence-electron chi connectivity index (χ0n) is 4.83. The molecule has 1 heterocycles. The Hall–Kier alpha value is -0.810. The van der Waals surface area contributed by atoms with Gasteiger partial charge in [-0.15, -0.1) is 0 Å². The molecule has 0 bridgehead atoms. The Kier molecular flexibility index (Phi) is 1.86. The SMILES string of the molecule is O=C(O)N1CCOCN1. The van der Waals surface area contributed by atoms with Crippen molar-refractivity contribution >= 4 is 6.09 Å². The number of ether oxygens (including phenoxy) is 1. The lowest BCUT2D eigenvalue weighted by Gasteiger charge is -2.24. The van der Waals surface area contributed by atoms with Crippen LogP contribution < -0.4 is 5.43 Å². The molecule has 1 rings (SSSR count). The molecule has 0 aromatic carbocycles. The van der Waals surface area contributed by atoms with Crippen molar-refractivity contribution in [1.82, 2.24) is 10.4 Å². The Morgan fingerprint density at radius 1 is 1.78 bits per heavy atom. The van der Waals surface area contributed by atoms with E-state index in [2.05, 4.69) is 5.43 Å². The third kappa shape index (κ3) is 1.55. The maximum atomic E-state index is 10.2. The van der Waals surface area contributed by atoms with Gasteiger partial charge in [0.2, 0.25) is 0 Å². The van der Waals surface area contributed by atoms with Crippen molar-refractivity contribution in [2.45, 2.75) is 0 Å². The summed E-state index contributed by atoms with van der Waals surface area (Å²) in [5, 5.41) is 9.45. The van der Waals surface area contributed by atoms with Crippen molar-refractivity contribution < 1.29 is 14.6 Å². The Bertz CT molecular complexity index is 110. The molecule has 5 heteroatoms. The van der Waals surface area contributed by atoms with E-state index in [9.17, 15) is 4.79 Å². The van der Waals surface area contributed by atoms with Gasteiger partial charge in [-0.3, -0.25) is 0 Å². The van der Waals surface area contributed by atoms with Crippen LogP contribution in [0, 0.1) is 0 Å². The van der Waals surface area contributed by atoms with Crippen molar-refractivity contribution in [1.29, 1.82) is 0 Å². The Balaban J connectivity index is 2.31. The van der Waals surface area contributed by atoms with Gasteiger partial charge in [0.15, 0.2) is 0 Å². The molecular weight excluding hydrogens is 124 g/mol. The molecule has 1 saturated heterocycles. The molecule has 0 aromatic rings. The first-order valence-electron chi connectivity index (χ1n) is 2.62. The average Bonchev–Trinajstić information content (AvgIpc) is 1.90. The second kappa shape index (κ2) is 2.65. The van der Waals surface area contributed by atoms with Gasteiger partial charge >= 0.3 is 6.09 Å². The molecule has 0 spiro atoms. The van der Waals surface area contributed by atoms with Gasteiger partial charge in [-0.1, -0.05) is 0 Å². The molecule has 2 N–H and O–H groups in total. The summed E-state index contributed by atoms with van der Waals surface area (Å²) in [6.45, 7) is 1.15. The topological polar surface area (TPSA) is 61.8 Å². The fourth-order valence-electron chi connectivity index (χ4n) is 0.594. The van der Waals surface area contributed by atoms with E-state index in [0.717, 1.165) is 5.01 Å². The summed E-state index contributed by atoms with van der Waals surface area (Å²) in [7, 11) is 0. The number of hydrogen-bond donors (Lipinski definition) is 2. The first kappa shape index (κ1) is 6.31. The molecule has 5 nitrogen and oxygen atoms in total. The maximum absolute atomic E-state index is 10.2. The van der Waals surface area contributed by atoms with Crippen LogP contribution in [0.1, 0.15) is 0 Å². The van der Waals surface area contributed by atoms with Gasteiger partial charge < -0.3 is 9.84 Å². The van der Waals surface area contributed by atoms with Crippen molar-refractivity contribution in [3.8, 4) is 0 Å². The van der Waals surface area contributed by atoms with Crippen LogP contribution in [0.5, 0.6) is 0 Å². The highest BCUT2D eigenvalue weighted by molar-refractivity contribution is 5.64. The molecular formula is C4H8N2O3. The molecule has 52 valence electrons. The van der Waals surface area contributed by atoms with Gasteiger partial charge in [-0.2, -0.15) is 0 Å². The number of carboxylic acid groups (broad SMARTS) is 1. The molecule has 0 saturated carbocycles. The monoisotopic (exact) mass is 132 g/mol. The smallest absolute Gasteiger partial charge is 0.421 e. The lowest BCUT2D eigenvalue weighted by Crippen LogP contribution is -2.48. The minimum Gasteiger partial charge on any atom is -0.464 e. The number of amides is 1. The Labute approximate surface area is 52.2 Å². The largest absolute Gasteiger partial charge is 0.464 e. The first-order valence-corrected chi connectivity index (χ1v) is 2.62. The van der Waals surface area contributed by atoms with Crippen LogP contribution in [-0.4, -0.2) is 36.1 Å². The van der Waals surface area contributed by atoms with Crippen molar-refractivity contribution in [3.05, 3.63) is 0 Å². The van der Waals surface area contributed by atoms with Crippen LogP contribution >= 0.6 is 0 Å². The van der Waals surface area contributed by atoms with Crippen LogP contribution in [0.25, 0.3) is 0 Å². The molecule has 1 fully saturated rings. The summed E-state index contributed by atoms with van der Waals surface area (Å²) in [4.78, 5) is 10.2. The molecule has 1 aliphatic rings. The Morgan fingerprint density at radius 3 is 2.89 bits per heavy atom. The molecule has 9 heavy (non-hydrogen) atoms. The number of hydrogen-bond acceptors (Lipinski definition) is 3. The van der Waals surface area contributed by atoms with Crippen LogP contribution in [0.15, 0.2) is 0 Å². The fourth-order valence-corrected chi connectivity index (χ4v) is 0.594. The third-order valence-electron chi connectivity index (χ3n) is 1.05. The van der Waals surface area contributed by atoms with E-state index in [0.29, 0.717) is 13.2 Å². The highest BCUT2D eigenvalue weighted by Crippen LogP contribution is 1.89. The number of nitrogens with zero attached hydrogens (tertiary/aromatic N) is 1. The standard InChI is InChI=1S/C4H8N2O3/c7-4(8)6-1-2-9-3-5-6/h5H,1-3H2,(H,7,8). The molecule has 1 amide bonds. The van der Waals surface area contributed by atoms with E-state index in [4.69, 9.17) is 9.84 Å². The molecule has 1 aliphatic heterocycles. The van der Waals surface area contributed by atoms with E-state index in [1.54, 1.807) is 0 Å². The second-order valence-electron chi connectivity index (χ2n) is 1.64. The number of hydrazine groups is 1. The summed E-state index contributed by atoms with van der Waals surface area (Å²) in [5.74, 6) is 0. The lowest BCUT2D eigenvalue weighted by atomic mass is 10.6. The lowest BCUT2D eigenvalue weighted by molar-refractivity contribution is -0.0101. The van der Waals surface area contributed by atoms with Gasteiger partial charge in [-0.25, -0.2) is 15.2 Å². The fraction of sp³-hybridized carbons (Fsp3) is 0.750. The molecule has 0 aliphatic carbocycles. The van der Waals surface area contributed by atoms with Gasteiger partial charge in [0.25, 0.3) is 0 Å². The third-order valence-corrected chi connectivity index (χ3v) is 1.05. The summed E-state index contributed by atoms with van der Waals surface area (Å²) < 4.78 is 4.83. The first-order chi connectivity index (χ1) is 4.30. The predicted molar refractivity (Wildman–Crippen MR) is 28.7 cm³/mol. The maximum Gasteiger partial charge on any atom is 0.421 e. The highest BCUT2D eigenvalue weighted by Gasteiger charge is 2.13. The van der Waals surface area contributed by atoms with Crippen molar-refractivity contribution in [2.24, 2.45) is 0 Å². The summed E-state index contributed by atoms with van der Waals surface area (Å²) in [6.07, 6.45) is -0.960. The van der Waals surface area contributed by atoms with Crippen LogP contribution in [0.4, 0.5) is 4.79 Å². The van der Waals surface area contributed by atoms with Gasteiger partial charge in [0.05, 0.1) is 13.2 Å².